The number of likely N-dealkylation sites (tertiary alicyclic amines) is 1. The van der Waals surface area contributed by atoms with Gasteiger partial charge in [-0.1, -0.05) is 61.0 Å². The first-order valence-electron chi connectivity index (χ1n) is 18.2. The van der Waals surface area contributed by atoms with Gasteiger partial charge in [0.25, 0.3) is 0 Å². The van der Waals surface area contributed by atoms with Gasteiger partial charge in [-0.25, -0.2) is 4.79 Å². The zero-order valence-electron chi connectivity index (χ0n) is 32.4. The van der Waals surface area contributed by atoms with Crippen molar-refractivity contribution in [3.63, 3.8) is 0 Å². The van der Waals surface area contributed by atoms with Crippen LogP contribution in [0.5, 0.6) is 0 Å². The van der Waals surface area contributed by atoms with Crippen LogP contribution in [0, 0.1) is 23.7 Å². The van der Waals surface area contributed by atoms with E-state index in [1.807, 2.05) is 59.1 Å². The van der Waals surface area contributed by atoms with E-state index in [1.165, 1.54) is 25.6 Å². The summed E-state index contributed by atoms with van der Waals surface area (Å²) in [5.74, 6) is -3.22. The third-order valence-corrected chi connectivity index (χ3v) is 11.2. The quantitative estimate of drug-likeness (QED) is 0.148. The predicted molar refractivity (Wildman–Crippen MR) is 198 cm³/mol. The molecule has 4 N–H and O–H groups in total. The lowest BCUT2D eigenvalue weighted by molar-refractivity contribution is -0.148. The Balaban J connectivity index is 2.26. The van der Waals surface area contributed by atoms with Gasteiger partial charge in [-0.15, -0.1) is 11.3 Å². The Labute approximate surface area is 308 Å². The highest BCUT2D eigenvalue weighted by atomic mass is 32.1. The standard InChI is InChI=1S/C37H63N5O8S/c1-12-23(6)32(41(9)36(46)31(22(4)5)40-35(45)30(38-8)21(2)3)28(49-10)20-29(43)42-17-13-16-27(42)33(50-11)24(7)34(44)39-26(37(47)48)19-25-15-14-18-51-25/h14-15,18,21-24,26-28,30-33,38H,12-13,16-17,19-20H2,1-11H3,(H,39,44)(H,40,45)(H,47,48)/t23-,24+,26-,27-,28?,30-,31-,32?,33?/m0/s1. The summed E-state index contributed by atoms with van der Waals surface area (Å²) in [6, 6.07) is 0.450. The Morgan fingerprint density at radius 3 is 2.14 bits per heavy atom. The second-order valence-corrected chi connectivity index (χ2v) is 15.5. The molecular formula is C37H63N5O8S. The summed E-state index contributed by atoms with van der Waals surface area (Å²) >= 11 is 1.43. The molecule has 14 heteroatoms. The molecule has 4 amide bonds. The number of methoxy groups -OCH3 is 2. The van der Waals surface area contributed by atoms with E-state index < -0.39 is 60.2 Å². The molecule has 1 aromatic rings. The van der Waals surface area contributed by atoms with Crippen molar-refractivity contribution < 1.29 is 38.6 Å². The molecule has 51 heavy (non-hydrogen) atoms. The molecule has 9 atom stereocenters. The van der Waals surface area contributed by atoms with Crippen molar-refractivity contribution in [2.75, 3.05) is 34.9 Å². The number of thiophene rings is 1. The number of carbonyl (C=O) groups is 5. The molecule has 0 aromatic carbocycles. The lowest BCUT2D eigenvalue weighted by Gasteiger charge is -2.41. The van der Waals surface area contributed by atoms with Crippen molar-refractivity contribution in [2.45, 2.75) is 123 Å². The average Bonchev–Trinajstić information content (AvgIpc) is 3.79. The normalized spacial score (nSPS) is 19.5. The highest BCUT2D eigenvalue weighted by Gasteiger charge is 2.43. The van der Waals surface area contributed by atoms with Gasteiger partial charge >= 0.3 is 5.97 Å². The van der Waals surface area contributed by atoms with E-state index >= 15 is 0 Å². The molecule has 0 saturated carbocycles. The second kappa shape index (κ2) is 20.8. The summed E-state index contributed by atoms with van der Waals surface area (Å²) < 4.78 is 11.8. The van der Waals surface area contributed by atoms with Crippen LogP contribution in [0.2, 0.25) is 0 Å². The van der Waals surface area contributed by atoms with Gasteiger partial charge in [0, 0.05) is 39.1 Å². The van der Waals surface area contributed by atoms with Crippen LogP contribution >= 0.6 is 11.3 Å². The fourth-order valence-corrected chi connectivity index (χ4v) is 7.93. The van der Waals surface area contributed by atoms with Crippen LogP contribution in [0.4, 0.5) is 0 Å². The molecule has 0 radical (unpaired) electrons. The molecule has 0 bridgehead atoms. The van der Waals surface area contributed by atoms with Gasteiger partial charge in [0.05, 0.1) is 42.7 Å². The molecule has 1 fully saturated rings. The summed E-state index contributed by atoms with van der Waals surface area (Å²) in [6.07, 6.45) is 0.886. The number of carboxylic acids is 1. The van der Waals surface area contributed by atoms with E-state index in [4.69, 9.17) is 9.47 Å². The largest absolute Gasteiger partial charge is 0.480 e. The van der Waals surface area contributed by atoms with Crippen molar-refractivity contribution in [3.8, 4) is 0 Å². The molecule has 1 saturated heterocycles. The third-order valence-electron chi connectivity index (χ3n) is 10.3. The van der Waals surface area contributed by atoms with E-state index in [9.17, 15) is 29.1 Å². The summed E-state index contributed by atoms with van der Waals surface area (Å²) in [5, 5.41) is 20.3. The molecule has 1 aromatic heterocycles. The first-order valence-corrected chi connectivity index (χ1v) is 19.1. The number of carbonyl (C=O) groups excluding carboxylic acids is 4. The van der Waals surface area contributed by atoms with Crippen molar-refractivity contribution in [1.82, 2.24) is 25.8 Å². The number of carboxylic acid groups (broad SMARTS) is 1. The van der Waals surface area contributed by atoms with E-state index in [0.29, 0.717) is 19.4 Å². The second-order valence-electron chi connectivity index (χ2n) is 14.5. The maximum atomic E-state index is 14.1. The van der Waals surface area contributed by atoms with Crippen molar-refractivity contribution >= 4 is 40.9 Å². The first kappa shape index (κ1) is 44.1. The minimum Gasteiger partial charge on any atom is -0.480 e. The molecule has 2 heterocycles. The monoisotopic (exact) mass is 737 g/mol. The van der Waals surface area contributed by atoms with Crippen LogP contribution in [-0.2, 0) is 39.9 Å². The van der Waals surface area contributed by atoms with Crippen LogP contribution in [0.15, 0.2) is 17.5 Å². The van der Waals surface area contributed by atoms with Crippen LogP contribution in [0.25, 0.3) is 0 Å². The number of nitrogens with one attached hydrogen (secondary N) is 3. The zero-order valence-corrected chi connectivity index (χ0v) is 33.2. The van der Waals surface area contributed by atoms with Crippen molar-refractivity contribution in [1.29, 1.82) is 0 Å². The molecule has 1 aliphatic heterocycles. The maximum absolute atomic E-state index is 14.1. The number of likely N-dealkylation sites (N-methyl/N-ethyl adjacent to an activating group) is 2. The van der Waals surface area contributed by atoms with Crippen LogP contribution in [0.1, 0.15) is 79.0 Å². The molecule has 1 aliphatic rings. The Kier molecular flexibility index (Phi) is 18.0. The minimum absolute atomic E-state index is 0.00752. The number of nitrogens with zero attached hydrogens (tertiary/aromatic N) is 2. The van der Waals surface area contributed by atoms with Gasteiger partial charge in [-0.3, -0.25) is 19.2 Å². The predicted octanol–water partition coefficient (Wildman–Crippen LogP) is 3.17. The van der Waals surface area contributed by atoms with Crippen molar-refractivity contribution in [3.05, 3.63) is 22.4 Å². The number of hydrogen-bond donors (Lipinski definition) is 4. The van der Waals surface area contributed by atoms with Crippen molar-refractivity contribution in [2.24, 2.45) is 23.7 Å². The number of ether oxygens (including phenoxy) is 2. The van der Waals surface area contributed by atoms with Crippen LogP contribution in [0.3, 0.4) is 0 Å². The Morgan fingerprint density at radius 2 is 1.65 bits per heavy atom. The van der Waals surface area contributed by atoms with E-state index in [0.717, 1.165) is 11.3 Å². The van der Waals surface area contributed by atoms with E-state index in [1.54, 1.807) is 30.8 Å². The SMILES string of the molecule is CC[C@H](C)C(C(CC(=O)N1CCC[C@H]1C(OC)[C@@H](C)C(=O)N[C@@H](Cc1cccs1)C(=O)O)OC)N(C)C(=O)[C@@H](NC(=O)[C@@H](NC)C(C)C)C(C)C. The topological polar surface area (TPSA) is 167 Å². The lowest BCUT2D eigenvalue weighted by atomic mass is 9.89. The third kappa shape index (κ3) is 11.7. The molecule has 2 rings (SSSR count). The minimum atomic E-state index is -1.12. The van der Waals surface area contributed by atoms with Crippen LogP contribution in [-0.4, -0.2) is 122 Å². The smallest absolute Gasteiger partial charge is 0.326 e. The van der Waals surface area contributed by atoms with Gasteiger partial charge < -0.3 is 40.3 Å². The summed E-state index contributed by atoms with van der Waals surface area (Å²) in [7, 11) is 6.46. The van der Waals surface area contributed by atoms with Gasteiger partial charge in [0.15, 0.2) is 0 Å². The zero-order chi connectivity index (χ0) is 38.6. The number of aliphatic carboxylic acids is 1. The molecule has 13 nitrogen and oxygen atoms in total. The fraction of sp³-hybridized carbons (Fsp3) is 0.757. The highest BCUT2D eigenvalue weighted by Crippen LogP contribution is 2.30. The van der Waals surface area contributed by atoms with E-state index in [2.05, 4.69) is 16.0 Å². The Morgan fingerprint density at radius 1 is 1.00 bits per heavy atom. The highest BCUT2D eigenvalue weighted by molar-refractivity contribution is 7.09. The van der Waals surface area contributed by atoms with Gasteiger partial charge in [-0.05, 0) is 49.1 Å². The van der Waals surface area contributed by atoms with E-state index in [-0.39, 0.29) is 48.3 Å². The summed E-state index contributed by atoms with van der Waals surface area (Å²) in [6.45, 7) is 13.9. The average molecular weight is 738 g/mol. The number of hydrogen-bond acceptors (Lipinski definition) is 9. The molecule has 0 aliphatic carbocycles. The van der Waals surface area contributed by atoms with Gasteiger partial charge in [0.1, 0.15) is 12.1 Å². The maximum Gasteiger partial charge on any atom is 0.326 e. The summed E-state index contributed by atoms with van der Waals surface area (Å²) in [5.41, 5.74) is 0. The van der Waals surface area contributed by atoms with Gasteiger partial charge in [-0.2, -0.15) is 0 Å². The Hall–Kier alpha value is -3.07. The molecule has 3 unspecified atom stereocenters. The molecule has 0 spiro atoms. The number of rotatable bonds is 21. The Bertz CT molecular complexity index is 1280. The number of amides is 4. The van der Waals surface area contributed by atoms with Crippen LogP contribution < -0.4 is 16.0 Å². The lowest BCUT2D eigenvalue weighted by Crippen LogP contribution is -2.59. The van der Waals surface area contributed by atoms with Gasteiger partial charge in [0.2, 0.25) is 23.6 Å². The summed E-state index contributed by atoms with van der Waals surface area (Å²) in [4.78, 5) is 71.0. The molecular weight excluding hydrogens is 675 g/mol. The molecule has 290 valence electrons. The fourth-order valence-electron chi connectivity index (χ4n) is 7.18. The first-order chi connectivity index (χ1) is 24.0.